The van der Waals surface area contributed by atoms with Crippen LogP contribution in [0.5, 0.6) is 11.5 Å². The summed E-state index contributed by atoms with van der Waals surface area (Å²) >= 11 is 0. The van der Waals surface area contributed by atoms with E-state index < -0.39 is 5.97 Å². The molecule has 0 spiro atoms. The van der Waals surface area contributed by atoms with Crippen molar-refractivity contribution in [3.05, 3.63) is 48.3 Å². The maximum atomic E-state index is 14.1. The summed E-state index contributed by atoms with van der Waals surface area (Å²) in [7, 11) is 0. The van der Waals surface area contributed by atoms with E-state index >= 15 is 0 Å². The Morgan fingerprint density at radius 3 is 2.48 bits per heavy atom. The van der Waals surface area contributed by atoms with Crippen LogP contribution in [0.3, 0.4) is 0 Å². The lowest BCUT2D eigenvalue weighted by Crippen LogP contribution is -2.06. The lowest BCUT2D eigenvalue weighted by molar-refractivity contribution is -0.138. The minimum absolute atomic E-state index is 0.0196. The lowest BCUT2D eigenvalue weighted by Gasteiger charge is -2.12. The predicted octanol–water partition coefficient (Wildman–Crippen LogP) is 4.38. The van der Waals surface area contributed by atoms with E-state index in [2.05, 4.69) is 0 Å². The van der Waals surface area contributed by atoms with Crippen molar-refractivity contribution in [2.75, 3.05) is 6.61 Å². The number of carboxylic acid groups (broad SMARTS) is 1. The fraction of sp³-hybridized carbons (Fsp3) is 0.350. The Kier molecular flexibility index (Phi) is 4.93. The molecule has 2 aromatic carbocycles. The first kappa shape index (κ1) is 17.3. The van der Waals surface area contributed by atoms with Gasteiger partial charge in [-0.1, -0.05) is 12.1 Å². The zero-order chi connectivity index (χ0) is 18.0. The van der Waals surface area contributed by atoms with Crippen molar-refractivity contribution in [2.45, 2.75) is 26.4 Å². The van der Waals surface area contributed by atoms with Crippen LogP contribution in [0.2, 0.25) is 0 Å². The standard InChI is InChI=1S/C20H21FO4/c1-12(2)25-16-7-8-19(21)17(10-16)13-3-5-15(6-4-13)24-11-14-9-18(14)20(22)23/h3-8,10,12,14,18H,9,11H2,1-2H3,(H,22,23)/t14?,18-/m1/s1. The molecule has 0 radical (unpaired) electrons. The van der Waals surface area contributed by atoms with Gasteiger partial charge in [-0.2, -0.15) is 0 Å². The van der Waals surface area contributed by atoms with Crippen molar-refractivity contribution >= 4 is 5.97 Å². The van der Waals surface area contributed by atoms with E-state index in [1.54, 1.807) is 36.4 Å². The van der Waals surface area contributed by atoms with Crippen LogP contribution in [0.25, 0.3) is 11.1 Å². The normalized spacial score (nSPS) is 18.9. The van der Waals surface area contributed by atoms with Gasteiger partial charge in [-0.15, -0.1) is 0 Å². The summed E-state index contributed by atoms with van der Waals surface area (Å²) in [5.74, 6) is 0.00137. The third kappa shape index (κ3) is 4.29. The second-order valence-corrected chi connectivity index (χ2v) is 6.58. The molecule has 1 aliphatic rings. The summed E-state index contributed by atoms with van der Waals surface area (Å²) in [6, 6.07) is 11.8. The van der Waals surface area contributed by atoms with Gasteiger partial charge >= 0.3 is 5.97 Å². The molecule has 132 valence electrons. The highest BCUT2D eigenvalue weighted by Crippen LogP contribution is 2.39. The number of ether oxygens (including phenoxy) is 2. The van der Waals surface area contributed by atoms with Crippen LogP contribution < -0.4 is 9.47 Å². The molecular formula is C20H21FO4. The molecule has 0 aromatic heterocycles. The van der Waals surface area contributed by atoms with Gasteiger partial charge in [0.1, 0.15) is 17.3 Å². The zero-order valence-electron chi connectivity index (χ0n) is 14.2. The van der Waals surface area contributed by atoms with Gasteiger partial charge in [-0.3, -0.25) is 4.79 Å². The first-order valence-electron chi connectivity index (χ1n) is 8.36. The molecule has 4 nitrogen and oxygen atoms in total. The van der Waals surface area contributed by atoms with E-state index in [0.29, 0.717) is 30.1 Å². The quantitative estimate of drug-likeness (QED) is 0.810. The average molecular weight is 344 g/mol. The molecular weight excluding hydrogens is 323 g/mol. The second kappa shape index (κ2) is 7.13. The topological polar surface area (TPSA) is 55.8 Å². The van der Waals surface area contributed by atoms with E-state index in [4.69, 9.17) is 14.6 Å². The van der Waals surface area contributed by atoms with E-state index in [1.807, 2.05) is 13.8 Å². The van der Waals surface area contributed by atoms with Crippen LogP contribution >= 0.6 is 0 Å². The van der Waals surface area contributed by atoms with E-state index in [9.17, 15) is 9.18 Å². The summed E-state index contributed by atoms with van der Waals surface area (Å²) in [5.41, 5.74) is 1.20. The molecule has 3 rings (SSSR count). The number of aliphatic carboxylic acids is 1. The van der Waals surface area contributed by atoms with Crippen LogP contribution in [-0.4, -0.2) is 23.8 Å². The second-order valence-electron chi connectivity index (χ2n) is 6.58. The molecule has 0 heterocycles. The Morgan fingerprint density at radius 1 is 1.20 bits per heavy atom. The van der Waals surface area contributed by atoms with Crippen LogP contribution in [0.4, 0.5) is 4.39 Å². The molecule has 1 saturated carbocycles. The van der Waals surface area contributed by atoms with Gasteiger partial charge in [-0.05, 0) is 56.2 Å². The van der Waals surface area contributed by atoms with Crippen molar-refractivity contribution in [3.8, 4) is 22.6 Å². The molecule has 1 unspecified atom stereocenters. The van der Waals surface area contributed by atoms with Crippen molar-refractivity contribution in [1.82, 2.24) is 0 Å². The van der Waals surface area contributed by atoms with Gasteiger partial charge in [0.15, 0.2) is 0 Å². The maximum Gasteiger partial charge on any atom is 0.306 e. The highest BCUT2D eigenvalue weighted by atomic mass is 19.1. The number of carboxylic acids is 1. The fourth-order valence-corrected chi connectivity index (χ4v) is 2.74. The molecule has 0 aliphatic heterocycles. The van der Waals surface area contributed by atoms with E-state index in [0.717, 1.165) is 5.56 Å². The number of hydrogen-bond acceptors (Lipinski definition) is 3. The SMILES string of the molecule is CC(C)Oc1ccc(F)c(-c2ccc(OCC3C[C@H]3C(=O)O)cc2)c1. The van der Waals surface area contributed by atoms with Crippen LogP contribution in [-0.2, 0) is 4.79 Å². The molecule has 0 bridgehead atoms. The minimum atomic E-state index is -0.761. The largest absolute Gasteiger partial charge is 0.493 e. The molecule has 1 N–H and O–H groups in total. The van der Waals surface area contributed by atoms with Crippen molar-refractivity contribution < 1.29 is 23.8 Å². The van der Waals surface area contributed by atoms with Gasteiger partial charge in [0.2, 0.25) is 0 Å². The summed E-state index contributed by atoms with van der Waals surface area (Å²) in [5, 5.41) is 8.88. The molecule has 1 fully saturated rings. The molecule has 2 aromatic rings. The first-order valence-corrected chi connectivity index (χ1v) is 8.36. The summed E-state index contributed by atoms with van der Waals surface area (Å²) in [6.07, 6.45) is 0.688. The van der Waals surface area contributed by atoms with E-state index in [-0.39, 0.29) is 23.8 Å². The highest BCUT2D eigenvalue weighted by Gasteiger charge is 2.43. The molecule has 0 amide bonds. The third-order valence-corrected chi connectivity index (χ3v) is 4.18. The number of carbonyl (C=O) groups is 1. The first-order chi connectivity index (χ1) is 11.9. The van der Waals surface area contributed by atoms with Crippen molar-refractivity contribution in [3.63, 3.8) is 0 Å². The number of benzene rings is 2. The smallest absolute Gasteiger partial charge is 0.306 e. The average Bonchev–Trinajstić information content (AvgIpc) is 3.35. The van der Waals surface area contributed by atoms with Gasteiger partial charge < -0.3 is 14.6 Å². The van der Waals surface area contributed by atoms with Gasteiger partial charge in [0.05, 0.1) is 18.6 Å². The number of halogens is 1. The molecule has 0 saturated heterocycles. The lowest BCUT2D eigenvalue weighted by atomic mass is 10.0. The summed E-state index contributed by atoms with van der Waals surface area (Å²) in [6.45, 7) is 4.23. The summed E-state index contributed by atoms with van der Waals surface area (Å²) < 4.78 is 25.4. The zero-order valence-corrected chi connectivity index (χ0v) is 14.2. The van der Waals surface area contributed by atoms with Crippen LogP contribution in [0.1, 0.15) is 20.3 Å². The molecule has 25 heavy (non-hydrogen) atoms. The number of hydrogen-bond donors (Lipinski definition) is 1. The Labute approximate surface area is 146 Å². The van der Waals surface area contributed by atoms with Gasteiger partial charge in [-0.25, -0.2) is 4.39 Å². The fourth-order valence-electron chi connectivity index (χ4n) is 2.74. The number of rotatable bonds is 7. The van der Waals surface area contributed by atoms with Crippen molar-refractivity contribution in [2.24, 2.45) is 11.8 Å². The minimum Gasteiger partial charge on any atom is -0.493 e. The Morgan fingerprint density at radius 2 is 1.88 bits per heavy atom. The molecule has 2 atom stereocenters. The summed E-state index contributed by atoms with van der Waals surface area (Å²) in [4.78, 5) is 10.8. The Hall–Kier alpha value is -2.56. The van der Waals surface area contributed by atoms with Gasteiger partial charge in [0.25, 0.3) is 0 Å². The highest BCUT2D eigenvalue weighted by molar-refractivity contribution is 5.73. The maximum absolute atomic E-state index is 14.1. The van der Waals surface area contributed by atoms with Gasteiger partial charge in [0, 0.05) is 11.5 Å². The molecule has 1 aliphatic carbocycles. The van der Waals surface area contributed by atoms with Crippen LogP contribution in [0.15, 0.2) is 42.5 Å². The van der Waals surface area contributed by atoms with Crippen molar-refractivity contribution in [1.29, 1.82) is 0 Å². The Bertz CT molecular complexity index is 755. The van der Waals surface area contributed by atoms with Crippen LogP contribution in [0, 0.1) is 17.7 Å². The third-order valence-electron chi connectivity index (χ3n) is 4.18. The Balaban J connectivity index is 1.67. The monoisotopic (exact) mass is 344 g/mol. The van der Waals surface area contributed by atoms with E-state index in [1.165, 1.54) is 6.07 Å². The molecule has 5 heteroatoms. The predicted molar refractivity (Wildman–Crippen MR) is 92.3 cm³/mol.